The minimum Gasteiger partial charge on any atom is -0.465 e. The van der Waals surface area contributed by atoms with Gasteiger partial charge in [-0.3, -0.25) is 9.69 Å². The van der Waals surface area contributed by atoms with Crippen LogP contribution in [0.1, 0.15) is 13.8 Å². The minimum absolute atomic E-state index is 0.120. The Bertz CT molecular complexity index is 142. The van der Waals surface area contributed by atoms with Crippen LogP contribution in [-0.4, -0.2) is 49.1 Å². The molecule has 0 heterocycles. The lowest BCUT2D eigenvalue weighted by molar-refractivity contribution is -0.144. The number of likely N-dealkylation sites (N-methyl/N-ethyl adjacent to an activating group) is 1. The average Bonchev–Trinajstić information content (AvgIpc) is 2.12. The van der Waals surface area contributed by atoms with Crippen molar-refractivity contribution in [2.24, 2.45) is 0 Å². The molecule has 0 aromatic carbocycles. The molecule has 0 amide bonds. The van der Waals surface area contributed by atoms with E-state index in [1.807, 2.05) is 6.92 Å². The fraction of sp³-hybridized carbons (Fsp3) is 0.889. The first kappa shape index (κ1) is 12.8. The zero-order valence-corrected chi connectivity index (χ0v) is 9.52. The summed E-state index contributed by atoms with van der Waals surface area (Å²) in [6, 6.07) is 0. The molecule has 3 nitrogen and oxygen atoms in total. The smallest absolute Gasteiger partial charge is 0.320 e. The van der Waals surface area contributed by atoms with Gasteiger partial charge in [0.25, 0.3) is 0 Å². The standard InChI is InChI=1S/C9H19NO2S/c1-4-10(6-7-13-3)8-9(11)12-5-2/h4-8H2,1-3H3. The number of hydrogen-bond donors (Lipinski definition) is 0. The van der Waals surface area contributed by atoms with Crippen LogP contribution in [0.3, 0.4) is 0 Å². The molecule has 0 bridgehead atoms. The zero-order valence-electron chi connectivity index (χ0n) is 8.71. The lowest BCUT2D eigenvalue weighted by atomic mass is 10.5. The molecule has 0 unspecified atom stereocenters. The molecule has 0 fully saturated rings. The van der Waals surface area contributed by atoms with Crippen LogP contribution in [-0.2, 0) is 9.53 Å². The first-order chi connectivity index (χ1) is 6.24. The molecular weight excluding hydrogens is 186 g/mol. The van der Waals surface area contributed by atoms with E-state index in [1.165, 1.54) is 0 Å². The van der Waals surface area contributed by atoms with Gasteiger partial charge < -0.3 is 4.74 Å². The predicted octanol–water partition coefficient (Wildman–Crippen LogP) is 1.23. The molecule has 0 saturated carbocycles. The van der Waals surface area contributed by atoms with Crippen LogP contribution in [0.2, 0.25) is 0 Å². The van der Waals surface area contributed by atoms with Gasteiger partial charge in [-0.25, -0.2) is 0 Å². The molecule has 0 spiro atoms. The number of carbonyl (C=O) groups is 1. The predicted molar refractivity (Wildman–Crippen MR) is 57.1 cm³/mol. The van der Waals surface area contributed by atoms with Crippen LogP contribution < -0.4 is 0 Å². The number of rotatable bonds is 7. The van der Waals surface area contributed by atoms with Gasteiger partial charge in [-0.15, -0.1) is 0 Å². The van der Waals surface area contributed by atoms with Crippen LogP contribution in [0, 0.1) is 0 Å². The molecule has 0 atom stereocenters. The number of ether oxygens (including phenoxy) is 1. The third-order valence-corrected chi connectivity index (χ3v) is 2.31. The van der Waals surface area contributed by atoms with Crippen molar-refractivity contribution >= 4 is 17.7 Å². The second kappa shape index (κ2) is 8.38. The Labute approximate surface area is 84.8 Å². The second-order valence-corrected chi connectivity index (χ2v) is 3.65. The van der Waals surface area contributed by atoms with Crippen molar-refractivity contribution in [3.63, 3.8) is 0 Å². The fourth-order valence-electron chi connectivity index (χ4n) is 0.959. The Kier molecular flexibility index (Phi) is 8.24. The van der Waals surface area contributed by atoms with Crippen molar-refractivity contribution in [2.75, 3.05) is 38.2 Å². The molecule has 0 saturated heterocycles. The number of hydrogen-bond acceptors (Lipinski definition) is 4. The van der Waals surface area contributed by atoms with Crippen molar-refractivity contribution in [1.82, 2.24) is 4.90 Å². The summed E-state index contributed by atoms with van der Waals surface area (Å²) in [5.74, 6) is 0.943. The Balaban J connectivity index is 3.62. The van der Waals surface area contributed by atoms with E-state index in [9.17, 15) is 4.79 Å². The van der Waals surface area contributed by atoms with Gasteiger partial charge in [-0.2, -0.15) is 11.8 Å². The molecule has 0 rings (SSSR count). The Morgan fingerprint density at radius 3 is 2.62 bits per heavy atom. The van der Waals surface area contributed by atoms with Crippen molar-refractivity contribution in [3.8, 4) is 0 Å². The van der Waals surface area contributed by atoms with Crippen LogP contribution in [0.5, 0.6) is 0 Å². The van der Waals surface area contributed by atoms with Gasteiger partial charge in [0, 0.05) is 12.3 Å². The third kappa shape index (κ3) is 6.90. The quantitative estimate of drug-likeness (QED) is 0.585. The van der Waals surface area contributed by atoms with Gasteiger partial charge in [-0.1, -0.05) is 6.92 Å². The fourth-order valence-corrected chi connectivity index (χ4v) is 1.40. The lowest BCUT2D eigenvalue weighted by Crippen LogP contribution is -2.32. The van der Waals surface area contributed by atoms with Gasteiger partial charge in [0.2, 0.25) is 0 Å². The second-order valence-electron chi connectivity index (χ2n) is 2.67. The molecule has 0 N–H and O–H groups in total. The Morgan fingerprint density at radius 2 is 2.15 bits per heavy atom. The summed E-state index contributed by atoms with van der Waals surface area (Å²) in [6.07, 6.45) is 2.07. The summed E-state index contributed by atoms with van der Waals surface area (Å²) in [7, 11) is 0. The van der Waals surface area contributed by atoms with E-state index >= 15 is 0 Å². The summed E-state index contributed by atoms with van der Waals surface area (Å²) >= 11 is 1.79. The van der Waals surface area contributed by atoms with E-state index in [0.717, 1.165) is 18.8 Å². The van der Waals surface area contributed by atoms with E-state index in [2.05, 4.69) is 18.1 Å². The lowest BCUT2D eigenvalue weighted by Gasteiger charge is -2.18. The molecular formula is C9H19NO2S. The summed E-state index contributed by atoms with van der Waals surface area (Å²) in [4.78, 5) is 13.2. The van der Waals surface area contributed by atoms with Gasteiger partial charge in [0.1, 0.15) is 0 Å². The van der Waals surface area contributed by atoms with Crippen molar-refractivity contribution in [1.29, 1.82) is 0 Å². The number of nitrogens with zero attached hydrogens (tertiary/aromatic N) is 1. The van der Waals surface area contributed by atoms with Crippen LogP contribution in [0.4, 0.5) is 0 Å². The molecule has 0 aliphatic carbocycles. The van der Waals surface area contributed by atoms with E-state index in [-0.39, 0.29) is 5.97 Å². The number of thioether (sulfide) groups is 1. The molecule has 0 aromatic heterocycles. The molecule has 0 aromatic rings. The highest BCUT2D eigenvalue weighted by Gasteiger charge is 2.08. The summed E-state index contributed by atoms with van der Waals surface area (Å²) in [5.41, 5.74) is 0. The number of esters is 1. The first-order valence-electron chi connectivity index (χ1n) is 4.61. The number of carbonyl (C=O) groups excluding carboxylic acids is 1. The highest BCUT2D eigenvalue weighted by Crippen LogP contribution is 1.96. The maximum atomic E-state index is 11.1. The molecule has 78 valence electrons. The Hall–Kier alpha value is -0.220. The maximum absolute atomic E-state index is 11.1. The monoisotopic (exact) mass is 205 g/mol. The highest BCUT2D eigenvalue weighted by atomic mass is 32.2. The summed E-state index contributed by atoms with van der Waals surface area (Å²) in [6.45, 7) is 6.63. The van der Waals surface area contributed by atoms with E-state index < -0.39 is 0 Å². The molecule has 13 heavy (non-hydrogen) atoms. The maximum Gasteiger partial charge on any atom is 0.320 e. The van der Waals surface area contributed by atoms with Crippen molar-refractivity contribution < 1.29 is 9.53 Å². The van der Waals surface area contributed by atoms with Crippen molar-refractivity contribution in [2.45, 2.75) is 13.8 Å². The first-order valence-corrected chi connectivity index (χ1v) is 6.00. The van der Waals surface area contributed by atoms with Crippen LogP contribution in [0.15, 0.2) is 0 Å². The normalized spacial score (nSPS) is 10.5. The molecule has 0 aliphatic rings. The van der Waals surface area contributed by atoms with E-state index in [0.29, 0.717) is 13.2 Å². The highest BCUT2D eigenvalue weighted by molar-refractivity contribution is 7.98. The SMILES string of the molecule is CCOC(=O)CN(CC)CCSC. The molecule has 0 radical (unpaired) electrons. The van der Waals surface area contributed by atoms with Gasteiger partial charge in [-0.05, 0) is 19.7 Å². The van der Waals surface area contributed by atoms with E-state index in [1.54, 1.807) is 11.8 Å². The summed E-state index contributed by atoms with van der Waals surface area (Å²) in [5, 5.41) is 0. The zero-order chi connectivity index (χ0) is 10.1. The third-order valence-electron chi connectivity index (χ3n) is 1.72. The molecule has 4 heteroatoms. The largest absolute Gasteiger partial charge is 0.465 e. The van der Waals surface area contributed by atoms with Crippen molar-refractivity contribution in [3.05, 3.63) is 0 Å². The van der Waals surface area contributed by atoms with Crippen LogP contribution in [0.25, 0.3) is 0 Å². The average molecular weight is 205 g/mol. The molecule has 0 aliphatic heterocycles. The van der Waals surface area contributed by atoms with E-state index in [4.69, 9.17) is 4.74 Å². The summed E-state index contributed by atoms with van der Waals surface area (Å²) < 4.78 is 4.87. The minimum atomic E-state index is -0.120. The van der Waals surface area contributed by atoms with Gasteiger partial charge in [0.05, 0.1) is 13.2 Å². The van der Waals surface area contributed by atoms with Crippen LogP contribution >= 0.6 is 11.8 Å². The van der Waals surface area contributed by atoms with Gasteiger partial charge >= 0.3 is 5.97 Å². The van der Waals surface area contributed by atoms with Gasteiger partial charge in [0.15, 0.2) is 0 Å². The Morgan fingerprint density at radius 1 is 1.46 bits per heavy atom. The topological polar surface area (TPSA) is 29.5 Å².